The van der Waals surface area contributed by atoms with E-state index in [9.17, 15) is 4.79 Å². The fraction of sp³-hybridized carbons (Fsp3) is 0.611. The zero-order valence-electron chi connectivity index (χ0n) is 12.9. The molecule has 0 N–H and O–H groups in total. The lowest BCUT2D eigenvalue weighted by Gasteiger charge is -2.21. The molecular weight excluding hydrogens is 264 g/mol. The van der Waals surface area contributed by atoms with E-state index < -0.39 is 6.16 Å². The Morgan fingerprint density at radius 2 is 1.90 bits per heavy atom. The van der Waals surface area contributed by atoms with E-state index in [4.69, 9.17) is 9.47 Å². The third kappa shape index (κ3) is 3.22. The molecule has 2 unspecified atom stereocenters. The Morgan fingerprint density at radius 3 is 2.67 bits per heavy atom. The molecule has 1 saturated carbocycles. The summed E-state index contributed by atoms with van der Waals surface area (Å²) in [5.41, 5.74) is 2.69. The van der Waals surface area contributed by atoms with Crippen LogP contribution in [0.5, 0.6) is 5.75 Å². The van der Waals surface area contributed by atoms with Gasteiger partial charge in [-0.2, -0.15) is 0 Å². The van der Waals surface area contributed by atoms with Gasteiger partial charge in [0.2, 0.25) is 0 Å². The summed E-state index contributed by atoms with van der Waals surface area (Å²) < 4.78 is 10.7. The summed E-state index contributed by atoms with van der Waals surface area (Å²) in [7, 11) is 0. The molecule has 2 atom stereocenters. The first-order valence-electron chi connectivity index (χ1n) is 8.15. The van der Waals surface area contributed by atoms with Crippen molar-refractivity contribution in [2.75, 3.05) is 0 Å². The molecule has 3 rings (SSSR count). The first-order chi connectivity index (χ1) is 10.1. The van der Waals surface area contributed by atoms with Crippen molar-refractivity contribution in [2.24, 2.45) is 5.92 Å². The van der Waals surface area contributed by atoms with Crippen molar-refractivity contribution in [3.63, 3.8) is 0 Å². The standard InChI is InChI=1S/C18H24O3/c1-12-10-14-11-16(8-9-17(14)13(12)2)21-18(19)20-15-6-4-3-5-7-15/h8-9,11-13,15H,3-7,10H2,1-2H3. The fourth-order valence-corrected chi connectivity index (χ4v) is 3.54. The van der Waals surface area contributed by atoms with Crippen molar-refractivity contribution in [2.45, 2.75) is 64.4 Å². The van der Waals surface area contributed by atoms with Crippen LogP contribution in [0.3, 0.4) is 0 Å². The van der Waals surface area contributed by atoms with Crippen molar-refractivity contribution in [1.29, 1.82) is 0 Å². The van der Waals surface area contributed by atoms with Gasteiger partial charge in [-0.3, -0.25) is 0 Å². The van der Waals surface area contributed by atoms with Crippen molar-refractivity contribution >= 4 is 6.16 Å². The second kappa shape index (κ2) is 6.08. The first-order valence-corrected chi connectivity index (χ1v) is 8.15. The van der Waals surface area contributed by atoms with E-state index in [2.05, 4.69) is 19.9 Å². The summed E-state index contributed by atoms with van der Waals surface area (Å²) in [6.45, 7) is 4.52. The molecule has 3 nitrogen and oxygen atoms in total. The maximum absolute atomic E-state index is 11.9. The normalized spacial score (nSPS) is 25.4. The molecule has 114 valence electrons. The first kappa shape index (κ1) is 14.4. The number of hydrogen-bond acceptors (Lipinski definition) is 3. The molecule has 21 heavy (non-hydrogen) atoms. The Bertz CT molecular complexity index is 517. The van der Waals surface area contributed by atoms with Gasteiger partial charge >= 0.3 is 6.16 Å². The molecule has 1 aromatic carbocycles. The molecule has 0 spiro atoms. The van der Waals surface area contributed by atoms with Crippen LogP contribution < -0.4 is 4.74 Å². The van der Waals surface area contributed by atoms with Gasteiger partial charge in [0.1, 0.15) is 11.9 Å². The third-order valence-corrected chi connectivity index (χ3v) is 5.02. The largest absolute Gasteiger partial charge is 0.514 e. The molecule has 0 saturated heterocycles. The van der Waals surface area contributed by atoms with Crippen molar-refractivity contribution < 1.29 is 14.3 Å². The molecule has 3 heteroatoms. The third-order valence-electron chi connectivity index (χ3n) is 5.02. The lowest BCUT2D eigenvalue weighted by molar-refractivity contribution is 0.0417. The lowest BCUT2D eigenvalue weighted by atomic mass is 9.97. The molecule has 2 aliphatic carbocycles. The van der Waals surface area contributed by atoms with Crippen molar-refractivity contribution in [3.8, 4) is 5.75 Å². The van der Waals surface area contributed by atoms with Crippen LogP contribution in [0.4, 0.5) is 4.79 Å². The van der Waals surface area contributed by atoms with Crippen LogP contribution in [0, 0.1) is 5.92 Å². The van der Waals surface area contributed by atoms with Crippen LogP contribution in [-0.2, 0) is 11.2 Å². The van der Waals surface area contributed by atoms with Gasteiger partial charge in [0.05, 0.1) is 0 Å². The summed E-state index contributed by atoms with van der Waals surface area (Å²) >= 11 is 0. The average molecular weight is 288 g/mol. The number of fused-ring (bicyclic) bond motifs is 1. The minimum absolute atomic E-state index is 0.0423. The number of hydrogen-bond donors (Lipinski definition) is 0. The molecule has 1 aromatic rings. The van der Waals surface area contributed by atoms with E-state index in [-0.39, 0.29) is 6.10 Å². The molecule has 0 amide bonds. The predicted molar refractivity (Wildman–Crippen MR) is 81.7 cm³/mol. The van der Waals surface area contributed by atoms with Crippen LogP contribution in [-0.4, -0.2) is 12.3 Å². The van der Waals surface area contributed by atoms with E-state index in [1.54, 1.807) is 0 Å². The summed E-state index contributed by atoms with van der Waals surface area (Å²) in [5, 5.41) is 0. The topological polar surface area (TPSA) is 35.5 Å². The maximum Gasteiger partial charge on any atom is 0.514 e. The van der Waals surface area contributed by atoms with E-state index in [0.717, 1.165) is 32.1 Å². The molecule has 2 aliphatic rings. The molecule has 0 heterocycles. The minimum atomic E-state index is -0.555. The van der Waals surface area contributed by atoms with Gasteiger partial charge in [-0.15, -0.1) is 0 Å². The zero-order chi connectivity index (χ0) is 14.8. The Kier molecular flexibility index (Phi) is 4.18. The summed E-state index contributed by atoms with van der Waals surface area (Å²) in [4.78, 5) is 11.9. The fourth-order valence-electron chi connectivity index (χ4n) is 3.54. The maximum atomic E-state index is 11.9. The second-order valence-electron chi connectivity index (χ2n) is 6.56. The number of ether oxygens (including phenoxy) is 2. The molecule has 0 aromatic heterocycles. The smallest absolute Gasteiger partial charge is 0.431 e. The van der Waals surface area contributed by atoms with Crippen LogP contribution in [0.1, 0.15) is 63.0 Å². The van der Waals surface area contributed by atoms with E-state index >= 15 is 0 Å². The Balaban J connectivity index is 1.60. The van der Waals surface area contributed by atoms with Gasteiger partial charge in [0, 0.05) is 0 Å². The summed E-state index contributed by atoms with van der Waals surface area (Å²) in [5.74, 6) is 1.85. The highest BCUT2D eigenvalue weighted by molar-refractivity contribution is 5.64. The highest BCUT2D eigenvalue weighted by atomic mass is 16.7. The summed E-state index contributed by atoms with van der Waals surface area (Å²) in [6, 6.07) is 5.97. The SMILES string of the molecule is CC1Cc2cc(OC(=O)OC3CCCCC3)ccc2C1C. The van der Waals surface area contributed by atoms with Crippen molar-refractivity contribution in [3.05, 3.63) is 29.3 Å². The Morgan fingerprint density at radius 1 is 1.14 bits per heavy atom. The van der Waals surface area contributed by atoms with Crippen LogP contribution in [0.15, 0.2) is 18.2 Å². The number of carbonyl (C=O) groups excluding carboxylic acids is 1. The predicted octanol–water partition coefficient (Wildman–Crippen LogP) is 4.83. The molecule has 0 bridgehead atoms. The van der Waals surface area contributed by atoms with Gasteiger partial charge < -0.3 is 9.47 Å². The van der Waals surface area contributed by atoms with Gasteiger partial charge in [0.15, 0.2) is 0 Å². The summed E-state index contributed by atoms with van der Waals surface area (Å²) in [6.07, 6.45) is 6.02. The van der Waals surface area contributed by atoms with Crippen LogP contribution in [0.2, 0.25) is 0 Å². The van der Waals surface area contributed by atoms with E-state index in [0.29, 0.717) is 17.6 Å². The van der Waals surface area contributed by atoms with Gasteiger partial charge in [-0.1, -0.05) is 26.3 Å². The Labute approximate surface area is 126 Å². The second-order valence-corrected chi connectivity index (χ2v) is 6.56. The lowest BCUT2D eigenvalue weighted by Crippen LogP contribution is -2.23. The van der Waals surface area contributed by atoms with Gasteiger partial charge in [-0.25, -0.2) is 4.79 Å². The average Bonchev–Trinajstić information content (AvgIpc) is 2.74. The van der Waals surface area contributed by atoms with E-state index in [1.807, 2.05) is 12.1 Å². The quantitative estimate of drug-likeness (QED) is 0.577. The van der Waals surface area contributed by atoms with Crippen molar-refractivity contribution in [1.82, 2.24) is 0 Å². The molecular formula is C18H24O3. The van der Waals surface area contributed by atoms with E-state index in [1.165, 1.54) is 17.5 Å². The zero-order valence-corrected chi connectivity index (χ0v) is 12.9. The van der Waals surface area contributed by atoms with Crippen LogP contribution in [0.25, 0.3) is 0 Å². The number of carbonyl (C=O) groups is 1. The minimum Gasteiger partial charge on any atom is -0.431 e. The van der Waals surface area contributed by atoms with Gasteiger partial charge in [0.25, 0.3) is 0 Å². The molecule has 1 fully saturated rings. The number of benzene rings is 1. The number of rotatable bonds is 2. The highest BCUT2D eigenvalue weighted by Gasteiger charge is 2.26. The monoisotopic (exact) mass is 288 g/mol. The van der Waals surface area contributed by atoms with Crippen LogP contribution >= 0.6 is 0 Å². The molecule has 0 radical (unpaired) electrons. The van der Waals surface area contributed by atoms with Gasteiger partial charge in [-0.05, 0) is 67.2 Å². The molecule has 0 aliphatic heterocycles. The Hall–Kier alpha value is -1.51. The highest BCUT2D eigenvalue weighted by Crippen LogP contribution is 2.38.